The van der Waals surface area contributed by atoms with Crippen LogP contribution in [-0.2, 0) is 17.8 Å². The lowest BCUT2D eigenvalue weighted by atomic mass is 10.0. The molecule has 3 rings (SSSR count). The summed E-state index contributed by atoms with van der Waals surface area (Å²) >= 11 is 0. The largest absolute Gasteiger partial charge is 0.339 e. The van der Waals surface area contributed by atoms with Gasteiger partial charge >= 0.3 is 0 Å². The molecule has 0 saturated carbocycles. The van der Waals surface area contributed by atoms with Crippen molar-refractivity contribution in [3.05, 3.63) is 52.0 Å². The molecule has 0 bridgehead atoms. The van der Waals surface area contributed by atoms with Crippen molar-refractivity contribution in [1.82, 2.24) is 25.2 Å². The van der Waals surface area contributed by atoms with E-state index in [4.69, 9.17) is 4.52 Å². The van der Waals surface area contributed by atoms with Gasteiger partial charge in [-0.1, -0.05) is 37.2 Å². The van der Waals surface area contributed by atoms with E-state index in [1.165, 1.54) is 4.90 Å². The first-order chi connectivity index (χ1) is 12.9. The lowest BCUT2D eigenvalue weighted by molar-refractivity contribution is -0.131. The van der Waals surface area contributed by atoms with Crippen molar-refractivity contribution < 1.29 is 9.32 Å². The van der Waals surface area contributed by atoms with Crippen molar-refractivity contribution in [2.45, 2.75) is 39.7 Å². The Bertz CT molecular complexity index is 1010. The van der Waals surface area contributed by atoms with Crippen LogP contribution in [0.3, 0.4) is 0 Å². The summed E-state index contributed by atoms with van der Waals surface area (Å²) in [5.74, 6) is 0.779. The summed E-state index contributed by atoms with van der Waals surface area (Å²) in [6.45, 7) is 6.16. The average molecular weight is 369 g/mol. The molecule has 1 unspecified atom stereocenters. The minimum Gasteiger partial charge on any atom is -0.339 e. The number of nitrogens with one attached hydrogen (secondary N) is 1. The van der Waals surface area contributed by atoms with Gasteiger partial charge in [-0.15, -0.1) is 0 Å². The molecule has 3 aromatic rings. The summed E-state index contributed by atoms with van der Waals surface area (Å²) < 4.78 is 5.22. The Kier molecular flexibility index (Phi) is 5.34. The van der Waals surface area contributed by atoms with E-state index in [1.807, 2.05) is 6.07 Å². The highest BCUT2D eigenvalue weighted by Gasteiger charge is 2.24. The van der Waals surface area contributed by atoms with E-state index in [1.54, 1.807) is 32.2 Å². The molecular weight excluding hydrogens is 346 g/mol. The zero-order valence-electron chi connectivity index (χ0n) is 15.9. The molecule has 0 aliphatic heterocycles. The lowest BCUT2D eigenvalue weighted by Gasteiger charge is -2.20. The fourth-order valence-corrected chi connectivity index (χ4v) is 2.99. The van der Waals surface area contributed by atoms with Gasteiger partial charge < -0.3 is 9.42 Å². The Hall–Kier alpha value is -3.03. The highest BCUT2D eigenvalue weighted by atomic mass is 16.5. The van der Waals surface area contributed by atoms with Gasteiger partial charge in [0.1, 0.15) is 0 Å². The molecule has 0 aliphatic rings. The average Bonchev–Trinajstić information content (AvgIpc) is 3.07. The standard InChI is InChI=1S/C19H23N5O3/c1-11(2)9-16-20-15(23-27-16)10-24(4)19(26)12(3)17-13-7-5-6-8-14(13)18(25)22-21-17/h5-8,11-12H,9-10H2,1-4H3,(H,22,25). The second kappa shape index (κ2) is 7.69. The van der Waals surface area contributed by atoms with Gasteiger partial charge in [0.05, 0.1) is 23.5 Å². The van der Waals surface area contributed by atoms with E-state index in [2.05, 4.69) is 34.2 Å². The van der Waals surface area contributed by atoms with Gasteiger partial charge in [0.2, 0.25) is 11.8 Å². The quantitative estimate of drug-likeness (QED) is 0.714. The first-order valence-electron chi connectivity index (χ1n) is 8.90. The molecule has 2 heterocycles. The van der Waals surface area contributed by atoms with E-state index < -0.39 is 5.92 Å². The molecule has 1 atom stereocenters. The maximum atomic E-state index is 12.9. The molecule has 142 valence electrons. The number of aromatic nitrogens is 4. The van der Waals surface area contributed by atoms with Crippen LogP contribution in [0.2, 0.25) is 0 Å². The minimum absolute atomic E-state index is 0.144. The molecule has 0 radical (unpaired) electrons. The van der Waals surface area contributed by atoms with Gasteiger partial charge in [0.15, 0.2) is 5.82 Å². The Labute approximate surface area is 156 Å². The molecular formula is C19H23N5O3. The van der Waals surface area contributed by atoms with Gasteiger partial charge in [-0.2, -0.15) is 10.1 Å². The van der Waals surface area contributed by atoms with Crippen molar-refractivity contribution in [2.24, 2.45) is 5.92 Å². The van der Waals surface area contributed by atoms with E-state index in [-0.39, 0.29) is 18.0 Å². The third kappa shape index (κ3) is 4.05. The Morgan fingerprint density at radius 3 is 2.63 bits per heavy atom. The number of hydrogen-bond acceptors (Lipinski definition) is 6. The maximum Gasteiger partial charge on any atom is 0.272 e. The number of amides is 1. The zero-order chi connectivity index (χ0) is 19.6. The van der Waals surface area contributed by atoms with Gasteiger partial charge in [-0.25, -0.2) is 5.10 Å². The summed E-state index contributed by atoms with van der Waals surface area (Å²) in [6, 6.07) is 7.12. The Morgan fingerprint density at radius 2 is 1.93 bits per heavy atom. The van der Waals surface area contributed by atoms with Crippen LogP contribution in [0, 0.1) is 5.92 Å². The molecule has 27 heavy (non-hydrogen) atoms. The molecule has 0 spiro atoms. The molecule has 1 N–H and O–H groups in total. The highest BCUT2D eigenvalue weighted by molar-refractivity contribution is 5.90. The third-order valence-corrected chi connectivity index (χ3v) is 4.35. The molecule has 2 aromatic heterocycles. The fourth-order valence-electron chi connectivity index (χ4n) is 2.99. The zero-order valence-corrected chi connectivity index (χ0v) is 15.9. The van der Waals surface area contributed by atoms with Crippen LogP contribution < -0.4 is 5.56 Å². The van der Waals surface area contributed by atoms with Crippen molar-refractivity contribution in [2.75, 3.05) is 7.05 Å². The van der Waals surface area contributed by atoms with Crippen molar-refractivity contribution in [1.29, 1.82) is 0 Å². The number of H-pyrrole nitrogens is 1. The van der Waals surface area contributed by atoms with Crippen LogP contribution in [0.5, 0.6) is 0 Å². The lowest BCUT2D eigenvalue weighted by Crippen LogP contribution is -2.31. The number of carbonyl (C=O) groups excluding carboxylic acids is 1. The monoisotopic (exact) mass is 369 g/mol. The summed E-state index contributed by atoms with van der Waals surface area (Å²) in [5, 5.41) is 11.7. The molecule has 1 aromatic carbocycles. The van der Waals surface area contributed by atoms with Crippen molar-refractivity contribution in [3.63, 3.8) is 0 Å². The minimum atomic E-state index is -0.529. The third-order valence-electron chi connectivity index (χ3n) is 4.35. The van der Waals surface area contributed by atoms with E-state index in [9.17, 15) is 9.59 Å². The molecule has 8 heteroatoms. The molecule has 8 nitrogen and oxygen atoms in total. The number of fused-ring (bicyclic) bond motifs is 1. The molecule has 1 amide bonds. The Balaban J connectivity index is 1.78. The number of carbonyl (C=O) groups is 1. The molecule has 0 saturated heterocycles. The number of likely N-dealkylation sites (N-methyl/N-ethyl adjacent to an activating group) is 1. The van der Waals surface area contributed by atoms with E-state index >= 15 is 0 Å². The van der Waals surface area contributed by atoms with Crippen LogP contribution in [0.15, 0.2) is 33.6 Å². The highest BCUT2D eigenvalue weighted by Crippen LogP contribution is 2.22. The topological polar surface area (TPSA) is 105 Å². The number of nitrogens with zero attached hydrogens (tertiary/aromatic N) is 4. The number of rotatable bonds is 6. The van der Waals surface area contributed by atoms with Crippen LogP contribution >= 0.6 is 0 Å². The number of hydrogen-bond donors (Lipinski definition) is 1. The predicted octanol–water partition coefficient (Wildman–Crippen LogP) is 2.27. The van der Waals surface area contributed by atoms with E-state index in [0.717, 1.165) is 0 Å². The normalized spacial score (nSPS) is 12.5. The van der Waals surface area contributed by atoms with Crippen LogP contribution in [0.1, 0.15) is 44.1 Å². The summed E-state index contributed by atoms with van der Waals surface area (Å²) in [4.78, 5) is 30.7. The Morgan fingerprint density at radius 1 is 1.22 bits per heavy atom. The second-order valence-electron chi connectivity index (χ2n) is 7.10. The summed E-state index contributed by atoms with van der Waals surface area (Å²) in [5.41, 5.74) is 0.266. The SMILES string of the molecule is CC(C)Cc1nc(CN(C)C(=O)C(C)c2n[nH]c(=O)c3ccccc23)no1. The van der Waals surface area contributed by atoms with Gasteiger partial charge in [-0.05, 0) is 18.9 Å². The summed E-state index contributed by atoms with van der Waals surface area (Å²) in [7, 11) is 1.69. The van der Waals surface area contributed by atoms with Crippen LogP contribution in [-0.4, -0.2) is 38.2 Å². The fraction of sp³-hybridized carbons (Fsp3) is 0.421. The number of benzene rings is 1. The number of aromatic amines is 1. The smallest absolute Gasteiger partial charge is 0.272 e. The van der Waals surface area contributed by atoms with Crippen LogP contribution in [0.4, 0.5) is 0 Å². The van der Waals surface area contributed by atoms with Gasteiger partial charge in [0, 0.05) is 18.9 Å². The van der Waals surface area contributed by atoms with Gasteiger partial charge in [0.25, 0.3) is 5.56 Å². The van der Waals surface area contributed by atoms with E-state index in [0.29, 0.717) is 40.5 Å². The van der Waals surface area contributed by atoms with Gasteiger partial charge in [-0.3, -0.25) is 9.59 Å². The molecule has 0 fully saturated rings. The van der Waals surface area contributed by atoms with Crippen molar-refractivity contribution in [3.8, 4) is 0 Å². The van der Waals surface area contributed by atoms with Crippen molar-refractivity contribution >= 4 is 16.7 Å². The summed E-state index contributed by atoms with van der Waals surface area (Å²) in [6.07, 6.45) is 0.703. The maximum absolute atomic E-state index is 12.9. The first kappa shape index (κ1) is 18.8. The predicted molar refractivity (Wildman–Crippen MR) is 100 cm³/mol. The first-order valence-corrected chi connectivity index (χ1v) is 8.90. The van der Waals surface area contributed by atoms with Crippen LogP contribution in [0.25, 0.3) is 10.8 Å². The molecule has 0 aliphatic carbocycles. The second-order valence-corrected chi connectivity index (χ2v) is 7.10.